The van der Waals surface area contributed by atoms with Gasteiger partial charge in [0, 0.05) is 12.2 Å². The average Bonchev–Trinajstić information content (AvgIpc) is 2.98. The van der Waals surface area contributed by atoms with Gasteiger partial charge >= 0.3 is 0 Å². The van der Waals surface area contributed by atoms with Gasteiger partial charge in [0.1, 0.15) is 17.6 Å². The number of carbonyl (C=O) groups excluding carboxylic acids is 2. The van der Waals surface area contributed by atoms with E-state index in [1.165, 1.54) is 31.3 Å². The molecule has 0 aromatic heterocycles. The Labute approximate surface area is 233 Å². The predicted octanol–water partition coefficient (Wildman–Crippen LogP) is 5.80. The summed E-state index contributed by atoms with van der Waals surface area (Å²) < 4.78 is 29.8. The van der Waals surface area contributed by atoms with Crippen molar-refractivity contribution in [2.45, 2.75) is 19.0 Å². The summed E-state index contributed by atoms with van der Waals surface area (Å²) in [5, 5.41) is 2.93. The summed E-state index contributed by atoms with van der Waals surface area (Å²) in [6.45, 7) is 0.0704. The fourth-order valence-corrected chi connectivity index (χ4v) is 4.36. The lowest BCUT2D eigenvalue weighted by molar-refractivity contribution is -0.139. The fourth-order valence-electron chi connectivity index (χ4n) is 4.36. The van der Waals surface area contributed by atoms with E-state index < -0.39 is 11.9 Å². The Bertz CT molecular complexity index is 1430. The summed E-state index contributed by atoms with van der Waals surface area (Å²) in [5.41, 5.74) is 2.53. The van der Waals surface area contributed by atoms with E-state index >= 15 is 0 Å². The lowest BCUT2D eigenvalue weighted by Crippen LogP contribution is -2.41. The van der Waals surface area contributed by atoms with Crippen molar-refractivity contribution in [1.29, 1.82) is 0 Å². The molecule has 0 saturated carbocycles. The molecule has 0 aliphatic heterocycles. The maximum atomic E-state index is 14.0. The topological polar surface area (TPSA) is 77.1 Å². The maximum absolute atomic E-state index is 14.0. The minimum Gasteiger partial charge on any atom is -0.497 e. The molecule has 206 valence electrons. The first-order chi connectivity index (χ1) is 19.4. The van der Waals surface area contributed by atoms with Crippen molar-refractivity contribution < 1.29 is 28.2 Å². The highest BCUT2D eigenvalue weighted by Gasteiger charge is 2.32. The highest BCUT2D eigenvalue weighted by molar-refractivity contribution is 5.98. The number of benzene rings is 4. The van der Waals surface area contributed by atoms with Crippen LogP contribution in [0, 0.1) is 5.82 Å². The number of carbonyl (C=O) groups is 2. The number of hydrogen-bond donors (Lipinski definition) is 1. The van der Waals surface area contributed by atoms with Gasteiger partial charge in [0.15, 0.2) is 11.5 Å². The molecule has 0 bridgehead atoms. The Kier molecular flexibility index (Phi) is 9.35. The van der Waals surface area contributed by atoms with E-state index in [4.69, 9.17) is 14.2 Å². The number of nitrogens with one attached hydrogen (secondary N) is 1. The van der Waals surface area contributed by atoms with Crippen LogP contribution in [0.5, 0.6) is 17.2 Å². The largest absolute Gasteiger partial charge is 0.497 e. The third kappa shape index (κ3) is 6.96. The number of amides is 2. The summed E-state index contributed by atoms with van der Waals surface area (Å²) in [4.78, 5) is 29.4. The number of rotatable bonds is 11. The van der Waals surface area contributed by atoms with Crippen LogP contribution in [0.4, 0.5) is 10.1 Å². The average molecular weight is 543 g/mol. The van der Waals surface area contributed by atoms with Gasteiger partial charge in [-0.2, -0.15) is 0 Å². The zero-order valence-corrected chi connectivity index (χ0v) is 22.6. The van der Waals surface area contributed by atoms with Crippen molar-refractivity contribution in [3.63, 3.8) is 0 Å². The van der Waals surface area contributed by atoms with Crippen LogP contribution in [-0.4, -0.2) is 38.0 Å². The van der Waals surface area contributed by atoms with Gasteiger partial charge in [-0.3, -0.25) is 9.59 Å². The first-order valence-electron chi connectivity index (χ1n) is 12.7. The second-order valence-corrected chi connectivity index (χ2v) is 9.05. The van der Waals surface area contributed by atoms with Crippen LogP contribution in [-0.2, 0) is 22.6 Å². The molecule has 4 rings (SSSR count). The molecule has 7 nitrogen and oxygen atoms in total. The van der Waals surface area contributed by atoms with Crippen LogP contribution in [0.1, 0.15) is 22.7 Å². The SMILES string of the molecule is COc1ccc(NC(=O)C(c2ccc(OC)c(OC)c2)N(Cc2ccc(F)cc2)C(=O)Cc2ccccc2)cc1. The summed E-state index contributed by atoms with van der Waals surface area (Å²) in [5.74, 6) is 0.451. The molecule has 0 heterocycles. The van der Waals surface area contributed by atoms with E-state index in [0.29, 0.717) is 34.1 Å². The smallest absolute Gasteiger partial charge is 0.251 e. The third-order valence-corrected chi connectivity index (χ3v) is 6.43. The van der Waals surface area contributed by atoms with E-state index in [1.807, 2.05) is 30.3 Å². The molecule has 8 heteroatoms. The van der Waals surface area contributed by atoms with Gasteiger partial charge < -0.3 is 24.4 Å². The van der Waals surface area contributed by atoms with Crippen molar-refractivity contribution in [1.82, 2.24) is 4.90 Å². The maximum Gasteiger partial charge on any atom is 0.251 e. The van der Waals surface area contributed by atoms with Crippen LogP contribution in [0.25, 0.3) is 0 Å². The Balaban J connectivity index is 1.78. The first kappa shape index (κ1) is 28.2. The van der Waals surface area contributed by atoms with Gasteiger partial charge in [-0.15, -0.1) is 0 Å². The molecule has 2 amide bonds. The van der Waals surface area contributed by atoms with Gasteiger partial charge in [0.25, 0.3) is 5.91 Å². The van der Waals surface area contributed by atoms with Crippen molar-refractivity contribution in [2.24, 2.45) is 0 Å². The summed E-state index contributed by atoms with van der Waals surface area (Å²) in [6.07, 6.45) is 0.0711. The lowest BCUT2D eigenvalue weighted by atomic mass is 10.0. The Morgan fingerprint density at radius 2 is 1.45 bits per heavy atom. The highest BCUT2D eigenvalue weighted by atomic mass is 19.1. The van der Waals surface area contributed by atoms with Crippen molar-refractivity contribution in [2.75, 3.05) is 26.6 Å². The van der Waals surface area contributed by atoms with Crippen LogP contribution < -0.4 is 19.5 Å². The molecule has 0 aliphatic carbocycles. The zero-order valence-electron chi connectivity index (χ0n) is 22.6. The lowest BCUT2D eigenvalue weighted by Gasteiger charge is -2.32. The summed E-state index contributed by atoms with van der Waals surface area (Å²) in [7, 11) is 4.59. The molecule has 0 fully saturated rings. The monoisotopic (exact) mass is 542 g/mol. The number of halogens is 1. The zero-order chi connectivity index (χ0) is 28.5. The number of anilines is 1. The van der Waals surface area contributed by atoms with E-state index in [-0.39, 0.29) is 24.7 Å². The standard InChI is InChI=1S/C32H31FN2O5/c1-38-27-16-14-26(15-17-27)34-32(37)31(24-11-18-28(39-2)29(20-24)40-3)35(21-23-9-12-25(33)13-10-23)30(36)19-22-7-5-4-6-8-22/h4-18,20,31H,19,21H2,1-3H3,(H,34,37). The minimum atomic E-state index is -1.05. The second kappa shape index (κ2) is 13.3. The Hall–Kier alpha value is -4.85. The number of nitrogens with zero attached hydrogens (tertiary/aromatic N) is 1. The number of methoxy groups -OCH3 is 3. The summed E-state index contributed by atoms with van der Waals surface area (Å²) in [6, 6.07) is 26.1. The van der Waals surface area contributed by atoms with E-state index in [1.54, 1.807) is 61.7 Å². The molecule has 40 heavy (non-hydrogen) atoms. The molecule has 4 aromatic rings. The normalized spacial score (nSPS) is 11.3. The third-order valence-electron chi connectivity index (χ3n) is 6.43. The molecule has 1 N–H and O–H groups in total. The van der Waals surface area contributed by atoms with Gasteiger partial charge in [0.2, 0.25) is 5.91 Å². The van der Waals surface area contributed by atoms with Crippen molar-refractivity contribution in [3.05, 3.63) is 120 Å². The molecular formula is C32H31FN2O5. The first-order valence-corrected chi connectivity index (χ1v) is 12.7. The van der Waals surface area contributed by atoms with Crippen molar-refractivity contribution >= 4 is 17.5 Å². The van der Waals surface area contributed by atoms with Gasteiger partial charge in [-0.25, -0.2) is 4.39 Å². The summed E-state index contributed by atoms with van der Waals surface area (Å²) >= 11 is 0. The predicted molar refractivity (Wildman–Crippen MR) is 151 cm³/mol. The van der Waals surface area contributed by atoms with E-state index in [2.05, 4.69) is 5.32 Å². The van der Waals surface area contributed by atoms with Crippen LogP contribution in [0.3, 0.4) is 0 Å². The molecule has 0 spiro atoms. The second-order valence-electron chi connectivity index (χ2n) is 9.05. The molecule has 1 unspecified atom stereocenters. The van der Waals surface area contributed by atoms with Gasteiger partial charge in [-0.05, 0) is 65.2 Å². The molecule has 1 atom stereocenters. The van der Waals surface area contributed by atoms with Gasteiger partial charge in [-0.1, -0.05) is 48.5 Å². The van der Waals surface area contributed by atoms with Crippen LogP contribution in [0.15, 0.2) is 97.1 Å². The van der Waals surface area contributed by atoms with Crippen LogP contribution >= 0.6 is 0 Å². The quantitative estimate of drug-likeness (QED) is 0.259. The molecular weight excluding hydrogens is 511 g/mol. The van der Waals surface area contributed by atoms with Gasteiger partial charge in [0.05, 0.1) is 27.8 Å². The van der Waals surface area contributed by atoms with E-state index in [9.17, 15) is 14.0 Å². The highest BCUT2D eigenvalue weighted by Crippen LogP contribution is 2.34. The molecule has 0 radical (unpaired) electrons. The number of ether oxygens (including phenoxy) is 3. The molecule has 0 aliphatic rings. The van der Waals surface area contributed by atoms with Crippen molar-refractivity contribution in [3.8, 4) is 17.2 Å². The Morgan fingerprint density at radius 1 is 0.775 bits per heavy atom. The van der Waals surface area contributed by atoms with Crippen LogP contribution in [0.2, 0.25) is 0 Å². The molecule has 4 aromatic carbocycles. The Morgan fingerprint density at radius 3 is 2.08 bits per heavy atom. The van der Waals surface area contributed by atoms with E-state index in [0.717, 1.165) is 5.56 Å². The fraction of sp³-hybridized carbons (Fsp3) is 0.188. The number of hydrogen-bond acceptors (Lipinski definition) is 5. The molecule has 0 saturated heterocycles. The minimum absolute atomic E-state index is 0.0704.